The van der Waals surface area contributed by atoms with Crippen LogP contribution in [0.5, 0.6) is 0 Å². The SMILES string of the molecule is c1ccc(C2c3cccc(n3)Cc3cccc(n3)Cc3cccc2n3)cc1. The maximum absolute atomic E-state index is 4.99. The Kier molecular flexibility index (Phi) is 3.98. The molecule has 1 aliphatic heterocycles. The van der Waals surface area contributed by atoms with E-state index in [1.165, 1.54) is 5.56 Å². The molecule has 130 valence electrons. The van der Waals surface area contributed by atoms with Crippen LogP contribution in [0.1, 0.15) is 45.6 Å². The summed E-state index contributed by atoms with van der Waals surface area (Å²) in [5, 5.41) is 0. The van der Waals surface area contributed by atoms with Gasteiger partial charge in [0, 0.05) is 35.6 Å². The average molecular weight is 349 g/mol. The summed E-state index contributed by atoms with van der Waals surface area (Å²) < 4.78 is 0. The molecule has 0 saturated heterocycles. The molecule has 4 aromatic rings. The predicted molar refractivity (Wildman–Crippen MR) is 106 cm³/mol. The van der Waals surface area contributed by atoms with E-state index in [4.69, 9.17) is 15.0 Å². The minimum absolute atomic E-state index is 0.0248. The van der Waals surface area contributed by atoms with Crippen molar-refractivity contribution in [2.24, 2.45) is 0 Å². The van der Waals surface area contributed by atoms with Crippen LogP contribution in [0.15, 0.2) is 84.9 Å². The molecule has 1 aliphatic rings. The van der Waals surface area contributed by atoms with Crippen LogP contribution in [0.25, 0.3) is 0 Å². The Morgan fingerprint density at radius 3 is 1.52 bits per heavy atom. The van der Waals surface area contributed by atoms with E-state index >= 15 is 0 Å². The van der Waals surface area contributed by atoms with Crippen LogP contribution in [0.4, 0.5) is 0 Å². The zero-order valence-corrected chi connectivity index (χ0v) is 14.9. The predicted octanol–water partition coefficient (Wildman–Crippen LogP) is 4.55. The molecule has 3 nitrogen and oxygen atoms in total. The number of fused-ring (bicyclic) bond motifs is 6. The Balaban J connectivity index is 1.74. The van der Waals surface area contributed by atoms with E-state index in [-0.39, 0.29) is 5.92 Å². The molecular formula is C24H19N3. The van der Waals surface area contributed by atoms with Gasteiger partial charge in [0.05, 0.1) is 17.3 Å². The molecule has 0 aliphatic carbocycles. The van der Waals surface area contributed by atoms with Gasteiger partial charge in [0.25, 0.3) is 0 Å². The Bertz CT molecular complexity index is 1020. The zero-order valence-electron chi connectivity index (χ0n) is 14.9. The smallest absolute Gasteiger partial charge is 0.0686 e. The lowest BCUT2D eigenvalue weighted by Gasteiger charge is -2.19. The van der Waals surface area contributed by atoms with Crippen LogP contribution in [0.2, 0.25) is 0 Å². The fourth-order valence-corrected chi connectivity index (χ4v) is 3.75. The molecule has 1 aromatic carbocycles. The maximum Gasteiger partial charge on any atom is 0.0686 e. The first kappa shape index (κ1) is 15.9. The number of hydrogen-bond donors (Lipinski definition) is 0. The lowest BCUT2D eigenvalue weighted by molar-refractivity contribution is 0.829. The largest absolute Gasteiger partial charge is 0.257 e. The topological polar surface area (TPSA) is 38.7 Å². The van der Waals surface area contributed by atoms with E-state index in [1.807, 2.05) is 6.07 Å². The van der Waals surface area contributed by atoms with Crippen molar-refractivity contribution in [3.63, 3.8) is 0 Å². The number of nitrogens with zero attached hydrogens (tertiary/aromatic N) is 3. The first-order valence-corrected chi connectivity index (χ1v) is 9.26. The normalized spacial score (nSPS) is 13.5. The van der Waals surface area contributed by atoms with Crippen molar-refractivity contribution < 1.29 is 0 Å². The molecule has 27 heavy (non-hydrogen) atoms. The third-order valence-corrected chi connectivity index (χ3v) is 4.97. The van der Waals surface area contributed by atoms with Crippen LogP contribution < -0.4 is 0 Å². The molecule has 6 bridgehead atoms. The van der Waals surface area contributed by atoms with Crippen LogP contribution in [0.3, 0.4) is 0 Å². The van der Waals surface area contributed by atoms with Crippen LogP contribution in [0, 0.1) is 0 Å². The van der Waals surface area contributed by atoms with Crippen molar-refractivity contribution in [1.82, 2.24) is 15.0 Å². The minimum atomic E-state index is 0.0248. The van der Waals surface area contributed by atoms with Gasteiger partial charge in [-0.05, 0) is 42.0 Å². The summed E-state index contributed by atoms with van der Waals surface area (Å²) in [6.07, 6.45) is 1.48. The second kappa shape index (κ2) is 6.76. The summed E-state index contributed by atoms with van der Waals surface area (Å²) in [5.74, 6) is 0.0248. The molecule has 0 saturated carbocycles. The second-order valence-corrected chi connectivity index (χ2v) is 6.93. The van der Waals surface area contributed by atoms with Crippen LogP contribution in [-0.4, -0.2) is 15.0 Å². The second-order valence-electron chi connectivity index (χ2n) is 6.93. The number of aromatic nitrogens is 3. The number of rotatable bonds is 1. The van der Waals surface area contributed by atoms with E-state index in [0.717, 1.165) is 47.0 Å². The van der Waals surface area contributed by atoms with Crippen molar-refractivity contribution in [3.8, 4) is 0 Å². The van der Waals surface area contributed by atoms with Crippen LogP contribution >= 0.6 is 0 Å². The van der Waals surface area contributed by atoms with Crippen molar-refractivity contribution in [2.75, 3.05) is 0 Å². The van der Waals surface area contributed by atoms with E-state index in [0.29, 0.717) is 0 Å². The Hall–Kier alpha value is -3.33. The van der Waals surface area contributed by atoms with Crippen molar-refractivity contribution in [3.05, 3.63) is 125 Å². The van der Waals surface area contributed by atoms with Gasteiger partial charge in [0.2, 0.25) is 0 Å². The molecule has 0 unspecified atom stereocenters. The molecule has 3 heteroatoms. The Morgan fingerprint density at radius 1 is 0.481 bits per heavy atom. The maximum atomic E-state index is 4.99. The summed E-state index contributed by atoms with van der Waals surface area (Å²) in [6, 6.07) is 29.3. The van der Waals surface area contributed by atoms with E-state index in [1.54, 1.807) is 0 Å². The summed E-state index contributed by atoms with van der Waals surface area (Å²) >= 11 is 0. The Morgan fingerprint density at radius 2 is 0.963 bits per heavy atom. The first-order valence-electron chi connectivity index (χ1n) is 9.26. The quantitative estimate of drug-likeness (QED) is 0.446. The van der Waals surface area contributed by atoms with Gasteiger partial charge in [-0.1, -0.05) is 48.5 Å². The lowest BCUT2D eigenvalue weighted by Crippen LogP contribution is -2.11. The number of benzene rings is 1. The average Bonchev–Trinajstić information content (AvgIpc) is 2.69. The van der Waals surface area contributed by atoms with Crippen molar-refractivity contribution in [1.29, 1.82) is 0 Å². The highest BCUT2D eigenvalue weighted by Gasteiger charge is 2.21. The summed E-state index contributed by atoms with van der Waals surface area (Å²) in [4.78, 5) is 14.8. The van der Waals surface area contributed by atoms with Gasteiger partial charge in [-0.3, -0.25) is 15.0 Å². The number of hydrogen-bond acceptors (Lipinski definition) is 3. The molecule has 3 aromatic heterocycles. The molecule has 5 rings (SSSR count). The molecular weight excluding hydrogens is 330 g/mol. The van der Waals surface area contributed by atoms with E-state index in [9.17, 15) is 0 Å². The molecule has 4 heterocycles. The number of pyridine rings is 3. The van der Waals surface area contributed by atoms with Crippen molar-refractivity contribution >= 4 is 0 Å². The standard InChI is InChI=1S/C24H19N3/c1-2-7-17(8-3-1)24-22-13-5-11-20(26-22)15-18-9-4-10-19(25-18)16-21-12-6-14-23(24)27-21/h1-14,24H,15-16H2. The molecule has 0 fully saturated rings. The third-order valence-electron chi connectivity index (χ3n) is 4.97. The third kappa shape index (κ3) is 3.24. The minimum Gasteiger partial charge on any atom is -0.257 e. The van der Waals surface area contributed by atoms with Gasteiger partial charge in [-0.25, -0.2) is 0 Å². The molecule has 0 spiro atoms. The van der Waals surface area contributed by atoms with Gasteiger partial charge < -0.3 is 0 Å². The van der Waals surface area contributed by atoms with Gasteiger partial charge in [-0.2, -0.15) is 0 Å². The molecule has 0 N–H and O–H groups in total. The fourth-order valence-electron chi connectivity index (χ4n) is 3.75. The van der Waals surface area contributed by atoms with Gasteiger partial charge in [-0.15, -0.1) is 0 Å². The zero-order chi connectivity index (χ0) is 18.1. The van der Waals surface area contributed by atoms with Gasteiger partial charge in [0.1, 0.15) is 0 Å². The summed E-state index contributed by atoms with van der Waals surface area (Å²) in [6.45, 7) is 0. The van der Waals surface area contributed by atoms with E-state index in [2.05, 4.69) is 78.9 Å². The Labute approximate surface area is 158 Å². The lowest BCUT2D eigenvalue weighted by atomic mass is 9.91. The summed E-state index contributed by atoms with van der Waals surface area (Å²) in [7, 11) is 0. The highest BCUT2D eigenvalue weighted by molar-refractivity contribution is 5.39. The summed E-state index contributed by atoms with van der Waals surface area (Å²) in [5.41, 5.74) is 7.43. The fraction of sp³-hybridized carbons (Fsp3) is 0.125. The van der Waals surface area contributed by atoms with Gasteiger partial charge in [0.15, 0.2) is 0 Å². The first-order chi connectivity index (χ1) is 13.3. The van der Waals surface area contributed by atoms with E-state index < -0.39 is 0 Å². The van der Waals surface area contributed by atoms with Gasteiger partial charge >= 0.3 is 0 Å². The highest BCUT2D eigenvalue weighted by atomic mass is 14.8. The monoisotopic (exact) mass is 349 g/mol. The molecule has 0 atom stereocenters. The highest BCUT2D eigenvalue weighted by Crippen LogP contribution is 2.30. The van der Waals surface area contributed by atoms with Crippen LogP contribution in [-0.2, 0) is 12.8 Å². The molecule has 0 radical (unpaired) electrons. The van der Waals surface area contributed by atoms with Crippen molar-refractivity contribution in [2.45, 2.75) is 18.8 Å². The molecule has 0 amide bonds.